The minimum absolute atomic E-state index is 0.750. The number of nitrogens with two attached hydrogens (primary N) is 1. The number of hydrogen-bond donors (Lipinski definition) is 2. The van der Waals surface area contributed by atoms with Crippen molar-refractivity contribution < 1.29 is 0 Å². The summed E-state index contributed by atoms with van der Waals surface area (Å²) in [6, 6.07) is 0. The summed E-state index contributed by atoms with van der Waals surface area (Å²) in [5.41, 5.74) is 6.37. The van der Waals surface area contributed by atoms with Crippen LogP contribution in [0.2, 0.25) is 0 Å². The van der Waals surface area contributed by atoms with E-state index in [1.54, 1.807) is 6.20 Å². The molecule has 0 bridgehead atoms. The number of rotatable bonds is 0. The first-order chi connectivity index (χ1) is 8.29. The Kier molecular flexibility index (Phi) is 13.8. The lowest BCUT2D eigenvalue weighted by atomic mass is 10.3. The first-order valence-electron chi connectivity index (χ1n) is 6.84. The molecule has 4 nitrogen and oxygen atoms in total. The molecule has 0 unspecified atom stereocenters. The van der Waals surface area contributed by atoms with Gasteiger partial charge in [0.15, 0.2) is 0 Å². The Labute approximate surface area is 107 Å². The molecule has 0 aromatic carbocycles. The van der Waals surface area contributed by atoms with Gasteiger partial charge in [-0.3, -0.25) is 0 Å². The van der Waals surface area contributed by atoms with Gasteiger partial charge < -0.3 is 11.1 Å². The van der Waals surface area contributed by atoms with Gasteiger partial charge >= 0.3 is 0 Å². The summed E-state index contributed by atoms with van der Waals surface area (Å²) in [5, 5.41) is 7.27. The van der Waals surface area contributed by atoms with Crippen molar-refractivity contribution in [2.75, 3.05) is 17.6 Å². The maximum Gasteiger partial charge on any atom is 0.147 e. The predicted octanol–water partition coefficient (Wildman–Crippen LogP) is 3.75. The van der Waals surface area contributed by atoms with Gasteiger partial charge in [-0.1, -0.05) is 48.0 Å². The van der Waals surface area contributed by atoms with Gasteiger partial charge in [-0.15, -0.1) is 0 Å². The van der Waals surface area contributed by atoms with Crippen molar-refractivity contribution in [2.45, 2.75) is 60.9 Å². The fourth-order valence-corrected chi connectivity index (χ4v) is 1.20. The quantitative estimate of drug-likeness (QED) is 0.728. The van der Waals surface area contributed by atoms with Crippen LogP contribution in [-0.2, 0) is 6.54 Å². The Bertz CT molecular complexity index is 256. The van der Waals surface area contributed by atoms with E-state index >= 15 is 0 Å². The summed E-state index contributed by atoms with van der Waals surface area (Å²) in [6.07, 6.45) is 4.07. The van der Waals surface area contributed by atoms with Crippen molar-refractivity contribution in [3.63, 3.8) is 0 Å². The Hall–Kier alpha value is -1.19. The first kappa shape index (κ1) is 18.2. The zero-order valence-corrected chi connectivity index (χ0v) is 12.4. The number of fused-ring (bicyclic) bond motifs is 1. The van der Waals surface area contributed by atoms with Crippen molar-refractivity contribution >= 4 is 11.5 Å². The monoisotopic (exact) mass is 242 g/mol. The van der Waals surface area contributed by atoms with Gasteiger partial charge in [0.2, 0.25) is 0 Å². The van der Waals surface area contributed by atoms with Gasteiger partial charge in [-0.2, -0.15) is 5.10 Å². The minimum Gasteiger partial charge on any atom is -0.394 e. The number of nitrogen functional groups attached to an aromatic ring is 1. The van der Waals surface area contributed by atoms with E-state index in [1.807, 2.05) is 32.4 Å². The molecule has 0 saturated carbocycles. The third kappa shape index (κ3) is 6.87. The molecule has 2 heterocycles. The lowest BCUT2D eigenvalue weighted by Crippen LogP contribution is -2.18. The van der Waals surface area contributed by atoms with E-state index in [4.69, 9.17) is 5.73 Å². The maximum absolute atomic E-state index is 5.62. The highest BCUT2D eigenvalue weighted by Crippen LogP contribution is 2.20. The average Bonchev–Trinajstić information content (AvgIpc) is 2.78. The van der Waals surface area contributed by atoms with Gasteiger partial charge in [0.1, 0.15) is 5.82 Å². The lowest BCUT2D eigenvalue weighted by molar-refractivity contribution is 0.568. The van der Waals surface area contributed by atoms with E-state index in [9.17, 15) is 0 Å². The van der Waals surface area contributed by atoms with E-state index < -0.39 is 0 Å². The summed E-state index contributed by atoms with van der Waals surface area (Å²) in [7, 11) is 0. The number of aryl methyl sites for hydroxylation is 1. The molecular weight excluding hydrogens is 212 g/mol. The van der Waals surface area contributed by atoms with E-state index in [1.165, 1.54) is 6.42 Å². The highest BCUT2D eigenvalue weighted by Gasteiger charge is 2.10. The van der Waals surface area contributed by atoms with E-state index in [2.05, 4.69) is 24.3 Å². The second-order valence-electron chi connectivity index (χ2n) is 3.16. The number of anilines is 2. The van der Waals surface area contributed by atoms with Crippen LogP contribution in [0.25, 0.3) is 0 Å². The van der Waals surface area contributed by atoms with Crippen molar-refractivity contribution in [1.29, 1.82) is 0 Å². The first-order valence-corrected chi connectivity index (χ1v) is 6.84. The molecular formula is C13H30N4. The normalized spacial score (nSPS) is 11.2. The number of nitrogens with one attached hydrogen (secondary N) is 1. The van der Waals surface area contributed by atoms with Crippen LogP contribution in [0.5, 0.6) is 0 Å². The molecule has 0 spiro atoms. The Morgan fingerprint density at radius 2 is 1.82 bits per heavy atom. The number of aromatic nitrogens is 2. The molecule has 2 rings (SSSR count). The Morgan fingerprint density at radius 1 is 1.29 bits per heavy atom. The summed E-state index contributed by atoms with van der Waals surface area (Å²) >= 11 is 0. The fourth-order valence-electron chi connectivity index (χ4n) is 1.20. The van der Waals surface area contributed by atoms with Crippen LogP contribution in [0.4, 0.5) is 11.5 Å². The third-order valence-corrected chi connectivity index (χ3v) is 1.71. The van der Waals surface area contributed by atoms with Gasteiger partial charge in [-0.25, -0.2) is 4.68 Å². The molecule has 1 aliphatic heterocycles. The molecule has 0 atom stereocenters. The summed E-state index contributed by atoms with van der Waals surface area (Å²) < 4.78 is 1.90. The van der Waals surface area contributed by atoms with Crippen LogP contribution in [0.1, 0.15) is 54.4 Å². The SMILES string of the molecule is CC.CC.CCC.Nc1cnn2c1NCCC2. The molecule has 0 amide bonds. The number of nitrogens with zero attached hydrogens (tertiary/aromatic N) is 2. The van der Waals surface area contributed by atoms with Crippen LogP contribution in [0.3, 0.4) is 0 Å². The van der Waals surface area contributed by atoms with Crippen LogP contribution < -0.4 is 11.1 Å². The molecule has 3 N–H and O–H groups in total. The van der Waals surface area contributed by atoms with Gasteiger partial charge in [0.25, 0.3) is 0 Å². The molecule has 0 fully saturated rings. The topological polar surface area (TPSA) is 55.9 Å². The zero-order valence-electron chi connectivity index (χ0n) is 12.4. The maximum atomic E-state index is 5.62. The van der Waals surface area contributed by atoms with E-state index in [-0.39, 0.29) is 0 Å². The summed E-state index contributed by atoms with van der Waals surface area (Å²) in [4.78, 5) is 0. The third-order valence-electron chi connectivity index (χ3n) is 1.71. The van der Waals surface area contributed by atoms with Crippen molar-refractivity contribution in [2.24, 2.45) is 0 Å². The van der Waals surface area contributed by atoms with Crippen LogP contribution in [0, 0.1) is 0 Å². The fraction of sp³-hybridized carbons (Fsp3) is 0.769. The molecule has 0 radical (unpaired) electrons. The molecule has 17 heavy (non-hydrogen) atoms. The minimum atomic E-state index is 0.750. The highest BCUT2D eigenvalue weighted by atomic mass is 15.3. The Balaban J connectivity index is 0. The van der Waals surface area contributed by atoms with Crippen molar-refractivity contribution in [1.82, 2.24) is 9.78 Å². The molecule has 1 aromatic heterocycles. The van der Waals surface area contributed by atoms with Crippen molar-refractivity contribution in [3.8, 4) is 0 Å². The van der Waals surface area contributed by atoms with Gasteiger partial charge in [-0.05, 0) is 6.42 Å². The van der Waals surface area contributed by atoms with Crippen LogP contribution >= 0.6 is 0 Å². The molecule has 102 valence electrons. The standard InChI is InChI=1S/C6H10N4.C3H8.2C2H6/c7-5-4-9-10-3-1-2-8-6(5)10;1-3-2;2*1-2/h4,8H,1-3,7H2;3H2,1-2H3;2*1-2H3. The van der Waals surface area contributed by atoms with Gasteiger partial charge in [0, 0.05) is 13.1 Å². The molecule has 1 aliphatic rings. The smallest absolute Gasteiger partial charge is 0.147 e. The number of hydrogen-bond acceptors (Lipinski definition) is 3. The second kappa shape index (κ2) is 12.9. The van der Waals surface area contributed by atoms with Gasteiger partial charge in [0.05, 0.1) is 11.9 Å². The molecule has 1 aromatic rings. The molecule has 0 aliphatic carbocycles. The average molecular weight is 242 g/mol. The lowest BCUT2D eigenvalue weighted by Gasteiger charge is -2.15. The molecule has 4 heteroatoms. The van der Waals surface area contributed by atoms with Crippen LogP contribution in [-0.4, -0.2) is 16.3 Å². The summed E-state index contributed by atoms with van der Waals surface area (Å²) in [5.74, 6) is 0.978. The van der Waals surface area contributed by atoms with Crippen molar-refractivity contribution in [3.05, 3.63) is 6.20 Å². The van der Waals surface area contributed by atoms with E-state index in [0.29, 0.717) is 0 Å². The zero-order chi connectivity index (χ0) is 13.7. The Morgan fingerprint density at radius 3 is 2.29 bits per heavy atom. The van der Waals surface area contributed by atoms with E-state index in [0.717, 1.165) is 31.0 Å². The van der Waals surface area contributed by atoms with Crippen LogP contribution in [0.15, 0.2) is 6.20 Å². The molecule has 0 saturated heterocycles. The largest absolute Gasteiger partial charge is 0.394 e. The second-order valence-corrected chi connectivity index (χ2v) is 3.16. The predicted molar refractivity (Wildman–Crippen MR) is 78.4 cm³/mol. The highest BCUT2D eigenvalue weighted by molar-refractivity contribution is 5.61. The summed E-state index contributed by atoms with van der Waals surface area (Å²) in [6.45, 7) is 14.2.